The molecule has 2 aromatic heterocycles. The van der Waals surface area contributed by atoms with Crippen LogP contribution in [0.5, 0.6) is 5.88 Å². The van der Waals surface area contributed by atoms with Crippen LogP contribution >= 0.6 is 0 Å². The molecular weight excluding hydrogens is 326 g/mol. The van der Waals surface area contributed by atoms with Gasteiger partial charge >= 0.3 is 0 Å². The number of ether oxygens (including phenoxy) is 1. The first kappa shape index (κ1) is 15.0. The van der Waals surface area contributed by atoms with Crippen molar-refractivity contribution in [3.8, 4) is 5.88 Å². The van der Waals surface area contributed by atoms with Gasteiger partial charge in [-0.15, -0.1) is 0 Å². The van der Waals surface area contributed by atoms with Crippen molar-refractivity contribution in [3.05, 3.63) is 72.4 Å². The maximum atomic E-state index is 12.6. The Hall–Kier alpha value is -3.34. The van der Waals surface area contributed by atoms with Crippen LogP contribution in [0.1, 0.15) is 10.5 Å². The fraction of sp³-hybridized carbons (Fsp3) is 0.143. The second-order valence-electron chi connectivity index (χ2n) is 6.56. The summed E-state index contributed by atoms with van der Waals surface area (Å²) in [6.45, 7) is 1.14. The van der Waals surface area contributed by atoms with Crippen molar-refractivity contribution in [2.24, 2.45) is 0 Å². The van der Waals surface area contributed by atoms with E-state index in [9.17, 15) is 4.79 Å². The summed E-state index contributed by atoms with van der Waals surface area (Å²) >= 11 is 0. The van der Waals surface area contributed by atoms with Crippen molar-refractivity contribution in [1.82, 2.24) is 14.9 Å². The van der Waals surface area contributed by atoms with Gasteiger partial charge in [-0.1, -0.05) is 36.4 Å². The van der Waals surface area contributed by atoms with Crippen molar-refractivity contribution >= 4 is 27.7 Å². The van der Waals surface area contributed by atoms with E-state index in [-0.39, 0.29) is 12.0 Å². The van der Waals surface area contributed by atoms with Crippen LogP contribution in [-0.4, -0.2) is 40.0 Å². The highest BCUT2D eigenvalue weighted by Gasteiger charge is 2.33. The number of nitrogens with one attached hydrogen (secondary N) is 1. The van der Waals surface area contributed by atoms with Crippen LogP contribution in [0.25, 0.3) is 21.8 Å². The molecule has 5 rings (SSSR count). The number of benzene rings is 2. The third-order valence-electron chi connectivity index (χ3n) is 4.76. The van der Waals surface area contributed by atoms with E-state index in [1.54, 1.807) is 4.90 Å². The summed E-state index contributed by atoms with van der Waals surface area (Å²) in [6, 6.07) is 21.6. The molecule has 0 spiro atoms. The fourth-order valence-corrected chi connectivity index (χ4v) is 3.32. The molecule has 128 valence electrons. The number of pyridine rings is 1. The summed E-state index contributed by atoms with van der Waals surface area (Å²) in [5, 5.41) is 2.13. The lowest BCUT2D eigenvalue weighted by Crippen LogP contribution is -2.56. The van der Waals surface area contributed by atoms with Gasteiger partial charge in [-0.05, 0) is 24.3 Å². The number of amides is 1. The highest BCUT2D eigenvalue weighted by molar-refractivity contribution is 5.98. The summed E-state index contributed by atoms with van der Waals surface area (Å²) in [6.07, 6.45) is -0.0167. The smallest absolute Gasteiger partial charge is 0.270 e. The number of nitrogens with zero attached hydrogens (tertiary/aromatic N) is 2. The van der Waals surface area contributed by atoms with E-state index in [4.69, 9.17) is 4.74 Å². The first-order valence-corrected chi connectivity index (χ1v) is 8.66. The molecule has 26 heavy (non-hydrogen) atoms. The van der Waals surface area contributed by atoms with Gasteiger partial charge in [0, 0.05) is 22.4 Å². The minimum atomic E-state index is -0.0167. The number of rotatable bonds is 3. The highest BCUT2D eigenvalue weighted by Crippen LogP contribution is 2.22. The third-order valence-corrected chi connectivity index (χ3v) is 4.76. The first-order valence-electron chi connectivity index (χ1n) is 8.66. The van der Waals surface area contributed by atoms with E-state index in [1.165, 1.54) is 0 Å². The van der Waals surface area contributed by atoms with Crippen LogP contribution in [0.4, 0.5) is 0 Å². The maximum Gasteiger partial charge on any atom is 0.270 e. The van der Waals surface area contributed by atoms with Gasteiger partial charge in [0.25, 0.3) is 5.91 Å². The van der Waals surface area contributed by atoms with Crippen LogP contribution < -0.4 is 4.74 Å². The third kappa shape index (κ3) is 2.58. The summed E-state index contributed by atoms with van der Waals surface area (Å²) in [5.41, 5.74) is 2.51. The number of aromatic nitrogens is 2. The fourth-order valence-electron chi connectivity index (χ4n) is 3.32. The molecule has 5 heteroatoms. The maximum absolute atomic E-state index is 12.6. The van der Waals surface area contributed by atoms with Gasteiger partial charge in [-0.2, -0.15) is 0 Å². The molecule has 5 nitrogen and oxygen atoms in total. The van der Waals surface area contributed by atoms with Gasteiger partial charge in [0.2, 0.25) is 5.88 Å². The topological polar surface area (TPSA) is 58.2 Å². The molecule has 1 aliphatic heterocycles. The van der Waals surface area contributed by atoms with Gasteiger partial charge in [0.15, 0.2) is 0 Å². The Kier molecular flexibility index (Phi) is 3.38. The molecule has 0 aliphatic carbocycles. The first-order chi connectivity index (χ1) is 12.8. The molecule has 1 aliphatic rings. The van der Waals surface area contributed by atoms with E-state index < -0.39 is 0 Å². The molecule has 1 fully saturated rings. The van der Waals surface area contributed by atoms with Crippen molar-refractivity contribution < 1.29 is 9.53 Å². The lowest BCUT2D eigenvalue weighted by atomic mass is 10.1. The second-order valence-corrected chi connectivity index (χ2v) is 6.56. The van der Waals surface area contributed by atoms with Gasteiger partial charge in [0.05, 0.1) is 18.6 Å². The minimum absolute atomic E-state index is 0.00696. The Labute approximate surface area is 150 Å². The summed E-state index contributed by atoms with van der Waals surface area (Å²) < 4.78 is 5.92. The van der Waals surface area contributed by atoms with Crippen LogP contribution in [-0.2, 0) is 0 Å². The van der Waals surface area contributed by atoms with Crippen molar-refractivity contribution in [3.63, 3.8) is 0 Å². The zero-order chi connectivity index (χ0) is 17.5. The molecule has 0 bridgehead atoms. The molecule has 1 N–H and O–H groups in total. The zero-order valence-corrected chi connectivity index (χ0v) is 14.1. The van der Waals surface area contributed by atoms with Gasteiger partial charge in [0.1, 0.15) is 11.8 Å². The van der Waals surface area contributed by atoms with Crippen molar-refractivity contribution in [2.75, 3.05) is 13.1 Å². The largest absolute Gasteiger partial charge is 0.471 e. The predicted octanol–water partition coefficient (Wildman–Crippen LogP) is 3.62. The van der Waals surface area contributed by atoms with Gasteiger partial charge < -0.3 is 14.6 Å². The van der Waals surface area contributed by atoms with Gasteiger partial charge in [-0.25, -0.2) is 4.98 Å². The number of H-pyrrole nitrogens is 1. The zero-order valence-electron chi connectivity index (χ0n) is 14.1. The SMILES string of the molecule is O=C(c1cc2ccccc2[nH]1)N1CC(Oc2ccc3ccccc3n2)C1. The van der Waals surface area contributed by atoms with Gasteiger partial charge in [-0.3, -0.25) is 4.79 Å². The van der Waals surface area contributed by atoms with E-state index in [1.807, 2.05) is 66.7 Å². The Bertz CT molecular complexity index is 1080. The molecule has 1 amide bonds. The monoisotopic (exact) mass is 343 g/mol. The molecular formula is C21H17N3O2. The van der Waals surface area contributed by atoms with E-state index in [2.05, 4.69) is 9.97 Å². The number of fused-ring (bicyclic) bond motifs is 2. The summed E-state index contributed by atoms with van der Waals surface area (Å²) in [7, 11) is 0. The molecule has 0 atom stereocenters. The number of hydrogen-bond acceptors (Lipinski definition) is 3. The average Bonchev–Trinajstić information content (AvgIpc) is 3.08. The minimum Gasteiger partial charge on any atom is -0.471 e. The number of aromatic amines is 1. The molecule has 2 aromatic carbocycles. The number of carbonyl (C=O) groups is 1. The highest BCUT2D eigenvalue weighted by atomic mass is 16.5. The quantitative estimate of drug-likeness (QED) is 0.618. The molecule has 0 saturated carbocycles. The van der Waals surface area contributed by atoms with Crippen LogP contribution in [0.15, 0.2) is 66.7 Å². The number of likely N-dealkylation sites (tertiary alicyclic amines) is 1. The van der Waals surface area contributed by atoms with Crippen LogP contribution in [0.2, 0.25) is 0 Å². The Morgan fingerprint density at radius 1 is 1.00 bits per heavy atom. The Balaban J connectivity index is 1.25. The van der Waals surface area contributed by atoms with E-state index >= 15 is 0 Å². The van der Waals surface area contributed by atoms with Crippen LogP contribution in [0, 0.1) is 0 Å². The number of hydrogen-bond donors (Lipinski definition) is 1. The molecule has 4 aromatic rings. The van der Waals surface area contributed by atoms with Crippen molar-refractivity contribution in [1.29, 1.82) is 0 Å². The lowest BCUT2D eigenvalue weighted by molar-refractivity contribution is 0.0158. The summed E-state index contributed by atoms with van der Waals surface area (Å²) in [5.74, 6) is 0.610. The predicted molar refractivity (Wildman–Crippen MR) is 100 cm³/mol. The van der Waals surface area contributed by atoms with E-state index in [0.29, 0.717) is 24.7 Å². The molecule has 0 radical (unpaired) electrons. The second kappa shape index (κ2) is 5.88. The standard InChI is InChI=1S/C21H17N3O2/c25-21(19-11-15-6-2-4-8-18(15)22-19)24-12-16(13-24)26-20-10-9-14-5-1-3-7-17(14)23-20/h1-11,16,22H,12-13H2. The van der Waals surface area contributed by atoms with E-state index in [0.717, 1.165) is 21.8 Å². The Morgan fingerprint density at radius 2 is 1.77 bits per heavy atom. The number of para-hydroxylation sites is 2. The lowest BCUT2D eigenvalue weighted by Gasteiger charge is -2.38. The summed E-state index contributed by atoms with van der Waals surface area (Å²) in [4.78, 5) is 22.1. The molecule has 0 unspecified atom stereocenters. The average molecular weight is 343 g/mol. The normalized spacial score (nSPS) is 14.5. The van der Waals surface area contributed by atoms with Crippen LogP contribution in [0.3, 0.4) is 0 Å². The molecule has 1 saturated heterocycles. The number of carbonyl (C=O) groups excluding carboxylic acids is 1. The Morgan fingerprint density at radius 3 is 2.62 bits per heavy atom. The van der Waals surface area contributed by atoms with Crippen molar-refractivity contribution in [2.45, 2.75) is 6.10 Å². The molecule has 3 heterocycles.